The number of nitrogens with one attached hydrogen (secondary N) is 2. The highest BCUT2D eigenvalue weighted by Gasteiger charge is 2.09. The van der Waals surface area contributed by atoms with Crippen molar-refractivity contribution >= 4 is 28.2 Å². The summed E-state index contributed by atoms with van der Waals surface area (Å²) < 4.78 is 0. The van der Waals surface area contributed by atoms with Gasteiger partial charge in [0.05, 0.1) is 0 Å². The Kier molecular flexibility index (Phi) is 2.64. The zero-order chi connectivity index (χ0) is 13.2. The molecule has 3 rings (SSSR count). The first-order valence-electron chi connectivity index (χ1n) is 5.82. The molecule has 19 heavy (non-hydrogen) atoms. The van der Waals surface area contributed by atoms with Crippen LogP contribution in [0.15, 0.2) is 48.8 Å². The van der Waals surface area contributed by atoms with Gasteiger partial charge >= 0.3 is 0 Å². The number of H-pyrrole nitrogens is 1. The predicted molar refractivity (Wildman–Crippen MR) is 74.9 cm³/mol. The number of amides is 1. The summed E-state index contributed by atoms with van der Waals surface area (Å²) in [6.45, 7) is 0. The van der Waals surface area contributed by atoms with Crippen molar-refractivity contribution in [3.63, 3.8) is 0 Å². The van der Waals surface area contributed by atoms with Crippen LogP contribution < -0.4 is 11.1 Å². The number of hydrogen-bond donors (Lipinski definition) is 3. The number of pyridine rings is 1. The van der Waals surface area contributed by atoms with E-state index in [0.717, 1.165) is 10.9 Å². The molecule has 0 bridgehead atoms. The summed E-state index contributed by atoms with van der Waals surface area (Å²) in [7, 11) is 0. The van der Waals surface area contributed by atoms with Gasteiger partial charge in [-0.1, -0.05) is 0 Å². The van der Waals surface area contributed by atoms with Crippen molar-refractivity contribution in [2.75, 3.05) is 11.1 Å². The fourth-order valence-corrected chi connectivity index (χ4v) is 1.91. The van der Waals surface area contributed by atoms with Crippen molar-refractivity contribution in [3.8, 4) is 0 Å². The zero-order valence-electron chi connectivity index (χ0n) is 10.1. The minimum absolute atomic E-state index is 0.194. The Morgan fingerprint density at radius 2 is 1.95 bits per heavy atom. The van der Waals surface area contributed by atoms with Crippen molar-refractivity contribution in [1.29, 1.82) is 0 Å². The third-order valence-electron chi connectivity index (χ3n) is 2.83. The second-order valence-corrected chi connectivity index (χ2v) is 4.22. The van der Waals surface area contributed by atoms with E-state index < -0.39 is 0 Å². The highest BCUT2D eigenvalue weighted by atomic mass is 16.1. The molecule has 0 saturated carbocycles. The average Bonchev–Trinajstić information content (AvgIpc) is 2.83. The van der Waals surface area contributed by atoms with E-state index in [1.807, 2.05) is 12.1 Å². The summed E-state index contributed by atoms with van der Waals surface area (Å²) in [5.74, 6) is -0.194. The molecular formula is C14H12N4O. The fraction of sp³-hybridized carbons (Fsp3) is 0. The summed E-state index contributed by atoms with van der Waals surface area (Å²) in [6.07, 6.45) is 3.25. The highest BCUT2D eigenvalue weighted by molar-refractivity contribution is 6.06. The molecule has 1 amide bonds. The number of aromatic amines is 1. The van der Waals surface area contributed by atoms with E-state index in [9.17, 15) is 4.79 Å². The van der Waals surface area contributed by atoms with Crippen molar-refractivity contribution < 1.29 is 4.79 Å². The summed E-state index contributed by atoms with van der Waals surface area (Å²) >= 11 is 0. The van der Waals surface area contributed by atoms with E-state index >= 15 is 0 Å². The van der Waals surface area contributed by atoms with Gasteiger partial charge in [0.25, 0.3) is 5.91 Å². The van der Waals surface area contributed by atoms with Gasteiger partial charge in [-0.25, -0.2) is 0 Å². The normalized spacial score (nSPS) is 10.5. The summed E-state index contributed by atoms with van der Waals surface area (Å²) in [5, 5.41) is 3.71. The van der Waals surface area contributed by atoms with E-state index in [0.29, 0.717) is 17.1 Å². The first-order valence-corrected chi connectivity index (χ1v) is 5.82. The number of benzene rings is 1. The van der Waals surface area contributed by atoms with Crippen LogP contribution >= 0.6 is 0 Å². The second kappa shape index (κ2) is 4.45. The molecule has 0 fully saturated rings. The maximum absolute atomic E-state index is 12.1. The molecule has 0 atom stereocenters. The number of hydrogen-bond acceptors (Lipinski definition) is 3. The van der Waals surface area contributed by atoms with E-state index in [4.69, 9.17) is 5.73 Å². The lowest BCUT2D eigenvalue weighted by Gasteiger charge is -2.01. The van der Waals surface area contributed by atoms with Crippen LogP contribution in [0.1, 0.15) is 10.5 Å². The number of nitrogens with zero attached hydrogens (tertiary/aromatic N) is 1. The third kappa shape index (κ3) is 2.26. The molecule has 0 spiro atoms. The van der Waals surface area contributed by atoms with Gasteiger partial charge in [0.2, 0.25) is 0 Å². The topological polar surface area (TPSA) is 83.8 Å². The molecule has 5 heteroatoms. The molecule has 0 saturated heterocycles. The lowest BCUT2D eigenvalue weighted by molar-refractivity contribution is 0.102. The summed E-state index contributed by atoms with van der Waals surface area (Å²) in [5.41, 5.74) is 8.47. The van der Waals surface area contributed by atoms with Crippen LogP contribution in [0.5, 0.6) is 0 Å². The van der Waals surface area contributed by atoms with Crippen LogP contribution in [-0.4, -0.2) is 15.9 Å². The van der Waals surface area contributed by atoms with Gasteiger partial charge in [-0.05, 0) is 36.4 Å². The molecule has 3 aromatic rings. The Morgan fingerprint density at radius 1 is 1.16 bits per heavy atom. The molecule has 5 nitrogen and oxygen atoms in total. The standard InChI is InChI=1S/C14H12N4O/c15-10-1-2-12-9(7-10)8-13(18-12)14(19)17-11-3-5-16-6-4-11/h1-8,18H,15H2,(H,16,17,19). The number of carbonyl (C=O) groups excluding carboxylic acids is 1. The Bertz CT molecular complexity index is 734. The average molecular weight is 252 g/mol. The number of aromatic nitrogens is 2. The molecular weight excluding hydrogens is 240 g/mol. The Balaban J connectivity index is 1.89. The largest absolute Gasteiger partial charge is 0.399 e. The molecule has 94 valence electrons. The summed E-state index contributed by atoms with van der Waals surface area (Å²) in [6, 6.07) is 10.7. The molecule has 0 aliphatic carbocycles. The van der Waals surface area contributed by atoms with Crippen LogP contribution in [0, 0.1) is 0 Å². The monoisotopic (exact) mass is 252 g/mol. The predicted octanol–water partition coefficient (Wildman–Crippen LogP) is 2.40. The van der Waals surface area contributed by atoms with Gasteiger partial charge in [-0.2, -0.15) is 0 Å². The number of rotatable bonds is 2. The Morgan fingerprint density at radius 3 is 2.74 bits per heavy atom. The molecule has 4 N–H and O–H groups in total. The van der Waals surface area contributed by atoms with E-state index in [1.54, 1.807) is 36.7 Å². The van der Waals surface area contributed by atoms with Crippen molar-refractivity contribution in [1.82, 2.24) is 9.97 Å². The summed E-state index contributed by atoms with van der Waals surface area (Å²) in [4.78, 5) is 19.0. The number of fused-ring (bicyclic) bond motifs is 1. The lowest BCUT2D eigenvalue weighted by atomic mass is 10.2. The third-order valence-corrected chi connectivity index (χ3v) is 2.83. The molecule has 0 aliphatic heterocycles. The number of carbonyl (C=O) groups is 1. The smallest absolute Gasteiger partial charge is 0.272 e. The van der Waals surface area contributed by atoms with Crippen LogP contribution in [0.3, 0.4) is 0 Å². The zero-order valence-corrected chi connectivity index (χ0v) is 10.1. The van der Waals surface area contributed by atoms with Gasteiger partial charge in [0, 0.05) is 34.7 Å². The van der Waals surface area contributed by atoms with Crippen LogP contribution in [0.25, 0.3) is 10.9 Å². The van der Waals surface area contributed by atoms with Crippen LogP contribution in [0.4, 0.5) is 11.4 Å². The minimum Gasteiger partial charge on any atom is -0.399 e. The van der Waals surface area contributed by atoms with Crippen LogP contribution in [-0.2, 0) is 0 Å². The highest BCUT2D eigenvalue weighted by Crippen LogP contribution is 2.19. The fourth-order valence-electron chi connectivity index (χ4n) is 1.91. The maximum Gasteiger partial charge on any atom is 0.272 e. The molecule has 2 heterocycles. The lowest BCUT2D eigenvalue weighted by Crippen LogP contribution is -2.12. The van der Waals surface area contributed by atoms with Gasteiger partial charge in [-0.3, -0.25) is 9.78 Å². The van der Waals surface area contributed by atoms with Gasteiger partial charge < -0.3 is 16.0 Å². The van der Waals surface area contributed by atoms with Crippen LogP contribution in [0.2, 0.25) is 0 Å². The van der Waals surface area contributed by atoms with Gasteiger partial charge in [-0.15, -0.1) is 0 Å². The van der Waals surface area contributed by atoms with Crippen molar-refractivity contribution in [2.24, 2.45) is 0 Å². The van der Waals surface area contributed by atoms with Gasteiger partial charge in [0.15, 0.2) is 0 Å². The van der Waals surface area contributed by atoms with E-state index in [1.165, 1.54) is 0 Å². The van der Waals surface area contributed by atoms with Gasteiger partial charge in [0.1, 0.15) is 5.69 Å². The van der Waals surface area contributed by atoms with Crippen molar-refractivity contribution in [3.05, 3.63) is 54.5 Å². The molecule has 1 aromatic carbocycles. The Hall–Kier alpha value is -2.82. The Labute approximate surface area is 109 Å². The van der Waals surface area contributed by atoms with Crippen molar-refractivity contribution in [2.45, 2.75) is 0 Å². The SMILES string of the molecule is Nc1ccc2[nH]c(C(=O)Nc3ccncc3)cc2c1. The quantitative estimate of drug-likeness (QED) is 0.612. The number of nitrogen functional groups attached to an aromatic ring is 1. The van der Waals surface area contributed by atoms with E-state index in [-0.39, 0.29) is 5.91 Å². The number of anilines is 2. The first kappa shape index (κ1) is 11.3. The molecule has 0 radical (unpaired) electrons. The minimum atomic E-state index is -0.194. The van der Waals surface area contributed by atoms with E-state index in [2.05, 4.69) is 15.3 Å². The molecule has 2 aromatic heterocycles. The maximum atomic E-state index is 12.1. The second-order valence-electron chi connectivity index (χ2n) is 4.22. The molecule has 0 unspecified atom stereocenters. The first-order chi connectivity index (χ1) is 9.22. The number of nitrogens with two attached hydrogens (primary N) is 1. The molecule has 0 aliphatic rings.